The highest BCUT2D eigenvalue weighted by Gasteiger charge is 2.41. The van der Waals surface area contributed by atoms with Gasteiger partial charge >= 0.3 is 0 Å². The summed E-state index contributed by atoms with van der Waals surface area (Å²) in [6.45, 7) is 1.48. The monoisotopic (exact) mass is 564 g/mol. The summed E-state index contributed by atoms with van der Waals surface area (Å²) in [7, 11) is 6.66. The lowest BCUT2D eigenvalue weighted by Crippen LogP contribution is -2.44. The van der Waals surface area contributed by atoms with E-state index < -0.39 is 0 Å². The minimum absolute atomic E-state index is 0.0181. The summed E-state index contributed by atoms with van der Waals surface area (Å²) in [5.41, 5.74) is 4.84. The van der Waals surface area contributed by atoms with Crippen LogP contribution in [0.1, 0.15) is 63.9 Å². The molecule has 2 aromatic carbocycles. The summed E-state index contributed by atoms with van der Waals surface area (Å²) in [5, 5.41) is 6.97. The van der Waals surface area contributed by atoms with Gasteiger partial charge in [0.1, 0.15) is 24.0 Å². The average Bonchev–Trinajstić information content (AvgIpc) is 3.64. The fourth-order valence-corrected chi connectivity index (χ4v) is 7.04. The number of nitrogens with one attached hydrogen (secondary N) is 2. The van der Waals surface area contributed by atoms with Gasteiger partial charge in [-0.15, -0.1) is 0 Å². The van der Waals surface area contributed by atoms with Gasteiger partial charge in [-0.3, -0.25) is 9.59 Å². The van der Waals surface area contributed by atoms with Crippen LogP contribution in [0.4, 0.5) is 11.4 Å². The first kappa shape index (κ1) is 27.7. The van der Waals surface area contributed by atoms with E-state index in [0.717, 1.165) is 80.5 Å². The van der Waals surface area contributed by atoms with E-state index in [0.29, 0.717) is 22.6 Å². The predicted molar refractivity (Wildman–Crippen MR) is 155 cm³/mol. The number of benzene rings is 2. The van der Waals surface area contributed by atoms with Gasteiger partial charge in [0.05, 0.1) is 37.4 Å². The lowest BCUT2D eigenvalue weighted by molar-refractivity contribution is 0.0418. The third-order valence-corrected chi connectivity index (χ3v) is 9.12. The number of fused-ring (bicyclic) bond motifs is 4. The molecule has 2 amide bonds. The van der Waals surface area contributed by atoms with Crippen LogP contribution < -0.4 is 20.1 Å². The first-order valence-corrected chi connectivity index (χ1v) is 14.6. The maximum absolute atomic E-state index is 13.4. The minimum Gasteiger partial charge on any atom is -0.496 e. The SMILES string of the molecule is COc1cc2c(cc1CCCc1cc3c(cc1OC)C(=O)N1CCC[C@H]1[C@H](OC)N3)N[C@@H](OC)[C@@H]1CCCN1C2=O. The number of nitrogens with zero attached hydrogens (tertiary/aromatic N) is 2. The molecule has 0 aromatic heterocycles. The number of hydrogen-bond acceptors (Lipinski definition) is 8. The molecule has 220 valence electrons. The van der Waals surface area contributed by atoms with Gasteiger partial charge < -0.3 is 39.4 Å². The van der Waals surface area contributed by atoms with Crippen molar-refractivity contribution in [1.82, 2.24) is 9.80 Å². The summed E-state index contributed by atoms with van der Waals surface area (Å²) in [5.74, 6) is 1.45. The van der Waals surface area contributed by atoms with Crippen LogP contribution in [0.2, 0.25) is 0 Å². The van der Waals surface area contributed by atoms with Gasteiger partial charge in [0.2, 0.25) is 0 Å². The molecule has 41 heavy (non-hydrogen) atoms. The normalized spacial score (nSPS) is 24.9. The zero-order valence-electron chi connectivity index (χ0n) is 24.3. The van der Waals surface area contributed by atoms with Crippen molar-refractivity contribution in [2.75, 3.05) is 52.2 Å². The van der Waals surface area contributed by atoms with Crippen LogP contribution in [0, 0.1) is 0 Å². The molecule has 0 spiro atoms. The van der Waals surface area contributed by atoms with Crippen molar-refractivity contribution in [2.24, 2.45) is 0 Å². The Morgan fingerprint density at radius 1 is 0.707 bits per heavy atom. The highest BCUT2D eigenvalue weighted by molar-refractivity contribution is 6.02. The average molecular weight is 565 g/mol. The second kappa shape index (κ2) is 11.4. The van der Waals surface area contributed by atoms with Gasteiger partial charge in [-0.05, 0) is 80.3 Å². The van der Waals surface area contributed by atoms with Crippen molar-refractivity contribution in [1.29, 1.82) is 0 Å². The second-order valence-corrected chi connectivity index (χ2v) is 11.3. The van der Waals surface area contributed by atoms with Crippen molar-refractivity contribution < 1.29 is 28.5 Å². The van der Waals surface area contributed by atoms with Crippen molar-refractivity contribution in [2.45, 2.75) is 69.5 Å². The van der Waals surface area contributed by atoms with E-state index in [-0.39, 0.29) is 36.4 Å². The van der Waals surface area contributed by atoms with Crippen LogP contribution in [-0.2, 0) is 22.3 Å². The maximum atomic E-state index is 13.4. The van der Waals surface area contributed by atoms with Crippen molar-refractivity contribution in [3.8, 4) is 11.5 Å². The van der Waals surface area contributed by atoms with Crippen LogP contribution in [-0.4, -0.2) is 87.7 Å². The largest absolute Gasteiger partial charge is 0.496 e. The zero-order chi connectivity index (χ0) is 28.7. The van der Waals surface area contributed by atoms with Gasteiger partial charge in [-0.2, -0.15) is 0 Å². The zero-order valence-corrected chi connectivity index (χ0v) is 24.3. The summed E-state index contributed by atoms with van der Waals surface area (Å²) in [6.07, 6.45) is 5.57. The van der Waals surface area contributed by atoms with E-state index >= 15 is 0 Å². The Bertz CT molecular complexity index is 1230. The molecule has 0 aliphatic carbocycles. The van der Waals surface area contributed by atoms with Crippen LogP contribution in [0.15, 0.2) is 24.3 Å². The molecule has 10 heteroatoms. The minimum atomic E-state index is -0.255. The Hall–Kier alpha value is -3.50. The molecular formula is C31H40N4O6. The molecule has 0 unspecified atom stereocenters. The van der Waals surface area contributed by atoms with Crippen LogP contribution in [0.25, 0.3) is 0 Å². The quantitative estimate of drug-likeness (QED) is 0.498. The number of carbonyl (C=O) groups is 2. The van der Waals surface area contributed by atoms with E-state index in [1.807, 2.05) is 34.1 Å². The maximum Gasteiger partial charge on any atom is 0.256 e. The van der Waals surface area contributed by atoms with E-state index in [1.165, 1.54) is 0 Å². The third kappa shape index (κ3) is 4.86. The van der Waals surface area contributed by atoms with E-state index in [9.17, 15) is 9.59 Å². The van der Waals surface area contributed by atoms with Gasteiger partial charge in [-0.25, -0.2) is 0 Å². The number of methoxy groups -OCH3 is 4. The number of rotatable bonds is 8. The molecular weight excluding hydrogens is 524 g/mol. The molecule has 10 nitrogen and oxygen atoms in total. The summed E-state index contributed by atoms with van der Waals surface area (Å²) in [6, 6.07) is 7.83. The first-order valence-electron chi connectivity index (χ1n) is 14.6. The number of hydrogen-bond donors (Lipinski definition) is 2. The Balaban J connectivity index is 1.24. The fourth-order valence-electron chi connectivity index (χ4n) is 7.04. The number of amides is 2. The first-order chi connectivity index (χ1) is 20.0. The van der Waals surface area contributed by atoms with Gasteiger partial charge in [0.25, 0.3) is 11.8 Å². The smallest absolute Gasteiger partial charge is 0.256 e. The molecule has 4 aliphatic rings. The van der Waals surface area contributed by atoms with Crippen LogP contribution >= 0.6 is 0 Å². The van der Waals surface area contributed by atoms with Gasteiger partial charge in [-0.1, -0.05) is 0 Å². The lowest BCUT2D eigenvalue weighted by atomic mass is 9.98. The number of ether oxygens (including phenoxy) is 4. The third-order valence-electron chi connectivity index (χ3n) is 9.12. The van der Waals surface area contributed by atoms with E-state index in [2.05, 4.69) is 10.6 Å². The Kier molecular flexibility index (Phi) is 7.70. The number of aryl methyl sites for hydroxylation is 2. The molecule has 4 heterocycles. The molecule has 0 saturated carbocycles. The molecule has 2 saturated heterocycles. The Morgan fingerprint density at radius 3 is 1.54 bits per heavy atom. The van der Waals surface area contributed by atoms with E-state index in [1.54, 1.807) is 28.4 Å². The predicted octanol–water partition coefficient (Wildman–Crippen LogP) is 3.88. The van der Waals surface area contributed by atoms with Gasteiger partial charge in [0.15, 0.2) is 0 Å². The molecule has 0 radical (unpaired) electrons. The molecule has 4 aliphatic heterocycles. The topological polar surface area (TPSA) is 102 Å². The molecule has 4 atom stereocenters. The highest BCUT2D eigenvalue weighted by Crippen LogP contribution is 2.38. The molecule has 2 N–H and O–H groups in total. The summed E-state index contributed by atoms with van der Waals surface area (Å²) in [4.78, 5) is 30.7. The second-order valence-electron chi connectivity index (χ2n) is 11.3. The summed E-state index contributed by atoms with van der Waals surface area (Å²) < 4.78 is 23.0. The molecule has 2 aromatic rings. The highest BCUT2D eigenvalue weighted by atomic mass is 16.5. The lowest BCUT2D eigenvalue weighted by Gasteiger charge is -2.28. The number of anilines is 2. The fraction of sp³-hybridized carbons (Fsp3) is 0.548. The Labute approximate surface area is 241 Å². The van der Waals surface area contributed by atoms with Crippen LogP contribution in [0.5, 0.6) is 11.5 Å². The van der Waals surface area contributed by atoms with Gasteiger partial charge in [0, 0.05) is 38.7 Å². The molecule has 6 rings (SSSR count). The molecule has 2 fully saturated rings. The number of carbonyl (C=O) groups excluding carboxylic acids is 2. The van der Waals surface area contributed by atoms with Crippen molar-refractivity contribution >= 4 is 23.2 Å². The molecule has 0 bridgehead atoms. The summed E-state index contributed by atoms with van der Waals surface area (Å²) >= 11 is 0. The standard InChI is InChI=1S/C31H40N4O6/c1-38-26-16-20-22(32-28(40-3)24-10-6-12-34(24)30(20)36)14-18(26)8-5-9-19-15-23-21(17-27(19)39-2)31(37)35-13-7-11-25(35)29(33-23)41-4/h14-17,24-25,28-29,32-33H,5-13H2,1-4H3/t24-,25-,28-,29-/m0/s1. The van der Waals surface area contributed by atoms with Crippen LogP contribution in [0.3, 0.4) is 0 Å². The Morgan fingerprint density at radius 2 is 1.15 bits per heavy atom. The van der Waals surface area contributed by atoms with E-state index in [4.69, 9.17) is 18.9 Å². The van der Waals surface area contributed by atoms with Crippen molar-refractivity contribution in [3.63, 3.8) is 0 Å². The van der Waals surface area contributed by atoms with Crippen molar-refractivity contribution in [3.05, 3.63) is 46.5 Å².